The Bertz CT molecular complexity index is 1380. The molecular formula is C22H15FN2O3S. The van der Waals surface area contributed by atoms with E-state index in [9.17, 15) is 19.1 Å². The second kappa shape index (κ2) is 6.37. The van der Waals surface area contributed by atoms with E-state index in [-0.39, 0.29) is 17.8 Å². The van der Waals surface area contributed by atoms with Crippen LogP contribution < -0.4 is 5.32 Å². The number of benzene rings is 2. The first-order valence-corrected chi connectivity index (χ1v) is 9.82. The number of aromatic nitrogens is 1. The fraction of sp³-hybridized carbons (Fsp3) is 0.0909. The molecule has 2 aromatic heterocycles. The van der Waals surface area contributed by atoms with E-state index in [1.807, 2.05) is 29.1 Å². The number of rotatable bonds is 3. The Kier molecular flexibility index (Phi) is 3.90. The molecule has 0 bridgehead atoms. The molecule has 0 fully saturated rings. The minimum atomic E-state index is -0.493. The van der Waals surface area contributed by atoms with Crippen LogP contribution in [0.4, 0.5) is 4.39 Å². The lowest BCUT2D eigenvalue weighted by Gasteiger charge is -2.04. The standard InChI is InChI=1S/C22H15FN2O3S/c1-25-8-15(14-7-12(23)3-5-17(14)25)19-20(22(28)24-21(19)27)16-10-29-18-6-11(9-26)2-4-13(16)18/h2-8,10,26H,9H2,1H3,(H,24,27,28). The molecule has 2 amide bonds. The molecule has 2 N–H and O–H groups in total. The maximum atomic E-state index is 13.9. The van der Waals surface area contributed by atoms with Crippen molar-refractivity contribution in [3.05, 3.63) is 70.5 Å². The number of aliphatic hydroxyl groups excluding tert-OH is 1. The lowest BCUT2D eigenvalue weighted by molar-refractivity contribution is -0.122. The van der Waals surface area contributed by atoms with Gasteiger partial charge in [-0.1, -0.05) is 12.1 Å². The van der Waals surface area contributed by atoms with Crippen LogP contribution in [0.5, 0.6) is 0 Å². The Morgan fingerprint density at radius 3 is 2.55 bits per heavy atom. The summed E-state index contributed by atoms with van der Waals surface area (Å²) in [6.07, 6.45) is 1.75. The third kappa shape index (κ3) is 2.62. The molecule has 0 radical (unpaired) electrons. The van der Waals surface area contributed by atoms with Crippen LogP contribution in [0.2, 0.25) is 0 Å². The van der Waals surface area contributed by atoms with E-state index < -0.39 is 17.6 Å². The number of nitrogens with zero attached hydrogens (tertiary/aromatic N) is 1. The number of fused-ring (bicyclic) bond motifs is 2. The van der Waals surface area contributed by atoms with Crippen molar-refractivity contribution in [1.29, 1.82) is 0 Å². The average Bonchev–Trinajstić information content (AvgIpc) is 3.34. The van der Waals surface area contributed by atoms with Gasteiger partial charge in [0.05, 0.1) is 17.8 Å². The monoisotopic (exact) mass is 406 g/mol. The van der Waals surface area contributed by atoms with Crippen molar-refractivity contribution >= 4 is 55.3 Å². The zero-order valence-corrected chi connectivity index (χ0v) is 16.1. The summed E-state index contributed by atoms with van der Waals surface area (Å²) in [5.41, 5.74) is 3.25. The Balaban J connectivity index is 1.82. The molecule has 0 saturated heterocycles. The van der Waals surface area contributed by atoms with Gasteiger partial charge in [0.1, 0.15) is 5.82 Å². The molecule has 0 aliphatic carbocycles. The third-order valence-corrected chi connectivity index (χ3v) is 6.19. The van der Waals surface area contributed by atoms with Crippen molar-refractivity contribution in [3.63, 3.8) is 0 Å². The molecule has 0 unspecified atom stereocenters. The topological polar surface area (TPSA) is 71.3 Å². The molecular weight excluding hydrogens is 391 g/mol. The molecule has 4 aromatic rings. The number of amides is 2. The minimum absolute atomic E-state index is 0.0718. The second-order valence-corrected chi connectivity index (χ2v) is 7.90. The van der Waals surface area contributed by atoms with E-state index in [1.165, 1.54) is 23.5 Å². The summed E-state index contributed by atoms with van der Waals surface area (Å²) in [6.45, 7) is -0.0718. The van der Waals surface area contributed by atoms with E-state index in [2.05, 4.69) is 5.32 Å². The molecule has 7 heteroatoms. The zero-order chi connectivity index (χ0) is 20.3. The fourth-order valence-corrected chi connectivity index (χ4v) is 4.91. The number of carbonyl (C=O) groups is 2. The van der Waals surface area contributed by atoms with Gasteiger partial charge in [0.25, 0.3) is 11.8 Å². The smallest absolute Gasteiger partial charge is 0.259 e. The molecule has 2 aromatic carbocycles. The number of hydrogen-bond donors (Lipinski definition) is 2. The number of halogens is 1. The predicted octanol–water partition coefficient (Wildman–Crippen LogP) is 3.59. The van der Waals surface area contributed by atoms with Gasteiger partial charge >= 0.3 is 0 Å². The largest absolute Gasteiger partial charge is 0.392 e. The molecule has 1 aliphatic rings. The number of carbonyl (C=O) groups excluding carboxylic acids is 2. The van der Waals surface area contributed by atoms with Gasteiger partial charge in [-0.3, -0.25) is 14.9 Å². The highest BCUT2D eigenvalue weighted by Gasteiger charge is 2.35. The molecule has 3 heterocycles. The van der Waals surface area contributed by atoms with Crippen molar-refractivity contribution in [2.24, 2.45) is 7.05 Å². The van der Waals surface area contributed by atoms with Crippen LogP contribution in [0, 0.1) is 5.82 Å². The maximum absolute atomic E-state index is 13.9. The molecule has 0 spiro atoms. The summed E-state index contributed by atoms with van der Waals surface area (Å²) < 4.78 is 16.6. The molecule has 5 nitrogen and oxygen atoms in total. The van der Waals surface area contributed by atoms with Crippen LogP contribution in [0.1, 0.15) is 16.7 Å². The summed E-state index contributed by atoms with van der Waals surface area (Å²) in [7, 11) is 1.81. The van der Waals surface area contributed by atoms with Crippen molar-refractivity contribution in [2.45, 2.75) is 6.61 Å². The highest BCUT2D eigenvalue weighted by atomic mass is 32.1. The number of hydrogen-bond acceptors (Lipinski definition) is 4. The average molecular weight is 406 g/mol. The van der Waals surface area contributed by atoms with E-state index in [0.29, 0.717) is 16.5 Å². The highest BCUT2D eigenvalue weighted by Crippen LogP contribution is 2.40. The van der Waals surface area contributed by atoms with E-state index in [4.69, 9.17) is 0 Å². The first-order chi connectivity index (χ1) is 14.0. The van der Waals surface area contributed by atoms with Crippen LogP contribution in [-0.2, 0) is 23.2 Å². The summed E-state index contributed by atoms with van der Waals surface area (Å²) in [5.74, 6) is -1.37. The SMILES string of the molecule is Cn1cc(C2=C(c3csc4cc(CO)ccc34)C(=O)NC2=O)c2cc(F)ccc21. The number of nitrogens with one attached hydrogen (secondary N) is 1. The number of imide groups is 1. The number of aryl methyl sites for hydroxylation is 1. The van der Waals surface area contributed by atoms with Crippen molar-refractivity contribution in [3.8, 4) is 0 Å². The maximum Gasteiger partial charge on any atom is 0.259 e. The first kappa shape index (κ1) is 17.8. The minimum Gasteiger partial charge on any atom is -0.392 e. The number of thiophene rings is 1. The third-order valence-electron chi connectivity index (χ3n) is 5.24. The molecule has 0 saturated carbocycles. The molecule has 5 rings (SSSR count). The Labute approximate surface area is 168 Å². The lowest BCUT2D eigenvalue weighted by Crippen LogP contribution is -2.22. The van der Waals surface area contributed by atoms with E-state index in [0.717, 1.165) is 21.2 Å². The van der Waals surface area contributed by atoms with Crippen LogP contribution in [0.25, 0.3) is 32.1 Å². The predicted molar refractivity (Wildman–Crippen MR) is 111 cm³/mol. The normalized spacial score (nSPS) is 14.4. The molecule has 29 heavy (non-hydrogen) atoms. The van der Waals surface area contributed by atoms with Gasteiger partial charge in [-0.15, -0.1) is 11.3 Å². The fourth-order valence-electron chi connectivity index (χ4n) is 3.90. The van der Waals surface area contributed by atoms with Gasteiger partial charge in [0.15, 0.2) is 0 Å². The summed E-state index contributed by atoms with van der Waals surface area (Å²) in [6, 6.07) is 9.90. The highest BCUT2D eigenvalue weighted by molar-refractivity contribution is 7.17. The molecule has 0 atom stereocenters. The van der Waals surface area contributed by atoms with E-state index in [1.54, 1.807) is 18.3 Å². The summed E-state index contributed by atoms with van der Waals surface area (Å²) in [4.78, 5) is 25.5. The Morgan fingerprint density at radius 2 is 1.79 bits per heavy atom. The van der Waals surface area contributed by atoms with Gasteiger partial charge in [-0.05, 0) is 29.8 Å². The van der Waals surface area contributed by atoms with Gasteiger partial charge < -0.3 is 9.67 Å². The van der Waals surface area contributed by atoms with Crippen molar-refractivity contribution in [1.82, 2.24) is 9.88 Å². The number of aliphatic hydroxyl groups is 1. The van der Waals surface area contributed by atoms with Gasteiger partial charge in [0, 0.05) is 50.7 Å². The van der Waals surface area contributed by atoms with Gasteiger partial charge in [0.2, 0.25) is 0 Å². The van der Waals surface area contributed by atoms with E-state index >= 15 is 0 Å². The van der Waals surface area contributed by atoms with Crippen LogP contribution in [0.15, 0.2) is 48.0 Å². The van der Waals surface area contributed by atoms with Crippen molar-refractivity contribution in [2.75, 3.05) is 0 Å². The van der Waals surface area contributed by atoms with Crippen molar-refractivity contribution < 1.29 is 19.1 Å². The van der Waals surface area contributed by atoms with Gasteiger partial charge in [-0.25, -0.2) is 4.39 Å². The Hall–Kier alpha value is -3.29. The van der Waals surface area contributed by atoms with Gasteiger partial charge in [-0.2, -0.15) is 0 Å². The molecule has 1 aliphatic heterocycles. The molecule has 144 valence electrons. The van der Waals surface area contributed by atoms with Crippen LogP contribution in [-0.4, -0.2) is 21.5 Å². The van der Waals surface area contributed by atoms with Crippen LogP contribution in [0.3, 0.4) is 0 Å². The quantitative estimate of drug-likeness (QED) is 0.511. The summed E-state index contributed by atoms with van der Waals surface area (Å²) >= 11 is 1.44. The second-order valence-electron chi connectivity index (χ2n) is 6.99. The zero-order valence-electron chi connectivity index (χ0n) is 15.3. The Morgan fingerprint density at radius 1 is 1.03 bits per heavy atom. The van der Waals surface area contributed by atoms with Crippen LogP contribution >= 0.6 is 11.3 Å². The summed E-state index contributed by atoms with van der Waals surface area (Å²) in [5, 5.41) is 15.0. The lowest BCUT2D eigenvalue weighted by atomic mass is 9.95. The first-order valence-electron chi connectivity index (χ1n) is 8.94.